The van der Waals surface area contributed by atoms with E-state index >= 15 is 0 Å². The third-order valence-corrected chi connectivity index (χ3v) is 7.14. The molecular weight excluding hydrogens is 423 g/mol. The van der Waals surface area contributed by atoms with Gasteiger partial charge in [0, 0.05) is 0 Å². The molecular formula is C23H22ClFN2O2S. The number of nitrogens with one attached hydrogen (secondary N) is 2. The second-order valence-electron chi connectivity index (χ2n) is 8.10. The molecule has 0 aliphatic carbocycles. The summed E-state index contributed by atoms with van der Waals surface area (Å²) in [7, 11) is -3.94. The number of anilines is 2. The normalized spacial score (nSPS) is 17.7. The molecule has 1 aliphatic rings. The van der Waals surface area contributed by atoms with Crippen molar-refractivity contribution in [3.05, 3.63) is 88.7 Å². The highest BCUT2D eigenvalue weighted by Gasteiger charge is 2.35. The number of hydrogen-bond acceptors (Lipinski definition) is 3. The predicted octanol–water partition coefficient (Wildman–Crippen LogP) is 6.11. The van der Waals surface area contributed by atoms with E-state index in [2.05, 4.69) is 30.0 Å². The summed E-state index contributed by atoms with van der Waals surface area (Å²) >= 11 is 6.45. The smallest absolute Gasteiger partial charge is 0.262 e. The van der Waals surface area contributed by atoms with Gasteiger partial charge in [0.1, 0.15) is 5.82 Å². The molecule has 4 rings (SSSR count). The van der Waals surface area contributed by atoms with Gasteiger partial charge in [0.15, 0.2) is 0 Å². The van der Waals surface area contributed by atoms with Gasteiger partial charge in [-0.3, -0.25) is 4.72 Å². The van der Waals surface area contributed by atoms with Crippen LogP contribution >= 0.6 is 11.6 Å². The molecule has 156 valence electrons. The fourth-order valence-corrected chi connectivity index (χ4v) is 5.35. The minimum Gasteiger partial charge on any atom is -0.377 e. The molecule has 0 saturated carbocycles. The quantitative estimate of drug-likeness (QED) is 0.510. The Bertz CT molecular complexity index is 1210. The summed E-state index contributed by atoms with van der Waals surface area (Å²) < 4.78 is 41.9. The van der Waals surface area contributed by atoms with Crippen LogP contribution in [0.1, 0.15) is 37.4 Å². The topological polar surface area (TPSA) is 58.2 Å². The number of para-hydroxylation sites is 2. The van der Waals surface area contributed by atoms with Crippen molar-refractivity contribution < 1.29 is 12.8 Å². The Morgan fingerprint density at radius 2 is 1.80 bits per heavy atom. The molecule has 2 N–H and O–H groups in total. The van der Waals surface area contributed by atoms with Crippen LogP contribution in [0.3, 0.4) is 0 Å². The number of hydrogen-bond donors (Lipinski definition) is 2. The van der Waals surface area contributed by atoms with Gasteiger partial charge in [0.2, 0.25) is 0 Å². The molecule has 3 aromatic carbocycles. The Hall–Kier alpha value is -2.57. The van der Waals surface area contributed by atoms with Crippen LogP contribution in [0.15, 0.2) is 71.6 Å². The first-order valence-electron chi connectivity index (χ1n) is 9.60. The highest BCUT2D eigenvalue weighted by atomic mass is 35.5. The van der Waals surface area contributed by atoms with Gasteiger partial charge in [-0.25, -0.2) is 12.8 Å². The highest BCUT2D eigenvalue weighted by molar-refractivity contribution is 7.92. The van der Waals surface area contributed by atoms with Gasteiger partial charge < -0.3 is 5.32 Å². The van der Waals surface area contributed by atoms with E-state index in [1.807, 2.05) is 24.3 Å². The molecule has 0 amide bonds. The number of fused-ring (bicyclic) bond motifs is 1. The summed E-state index contributed by atoms with van der Waals surface area (Å²) in [5.74, 6) is -0.604. The first-order valence-corrected chi connectivity index (χ1v) is 11.5. The van der Waals surface area contributed by atoms with E-state index in [1.54, 1.807) is 12.1 Å². The number of sulfonamides is 1. The lowest BCUT2D eigenvalue weighted by molar-refractivity contribution is 0.428. The third-order valence-electron chi connectivity index (χ3n) is 5.46. The minimum absolute atomic E-state index is 0.123. The van der Waals surface area contributed by atoms with E-state index in [0.717, 1.165) is 29.3 Å². The van der Waals surface area contributed by atoms with Crippen molar-refractivity contribution >= 4 is 33.0 Å². The number of benzene rings is 3. The second-order valence-corrected chi connectivity index (χ2v) is 10.2. The maximum atomic E-state index is 13.6. The van der Waals surface area contributed by atoms with Crippen LogP contribution in [0.4, 0.5) is 15.8 Å². The van der Waals surface area contributed by atoms with E-state index in [0.29, 0.717) is 10.7 Å². The molecule has 0 spiro atoms. The Balaban J connectivity index is 1.72. The first kappa shape index (κ1) is 20.7. The van der Waals surface area contributed by atoms with Crippen LogP contribution in [0, 0.1) is 5.82 Å². The lowest BCUT2D eigenvalue weighted by Gasteiger charge is -2.39. The van der Waals surface area contributed by atoms with Crippen LogP contribution in [-0.2, 0) is 15.4 Å². The first-order chi connectivity index (χ1) is 14.2. The summed E-state index contributed by atoms with van der Waals surface area (Å²) in [5.41, 5.74) is 3.08. The summed E-state index contributed by atoms with van der Waals surface area (Å²) in [5, 5.41) is 4.11. The van der Waals surface area contributed by atoms with Crippen molar-refractivity contribution in [1.82, 2.24) is 0 Å². The molecule has 0 radical (unpaired) electrons. The van der Waals surface area contributed by atoms with E-state index in [-0.39, 0.29) is 16.4 Å². The van der Waals surface area contributed by atoms with Crippen molar-refractivity contribution in [2.24, 2.45) is 0 Å². The van der Waals surface area contributed by atoms with Gasteiger partial charge in [-0.2, -0.15) is 0 Å². The van der Waals surface area contributed by atoms with Crippen molar-refractivity contribution in [2.75, 3.05) is 10.0 Å². The average Bonchev–Trinajstić information content (AvgIpc) is 2.68. The Morgan fingerprint density at radius 3 is 2.57 bits per heavy atom. The number of rotatable bonds is 4. The fraction of sp³-hybridized carbons (Fsp3) is 0.217. The van der Waals surface area contributed by atoms with Gasteiger partial charge in [-0.15, -0.1) is 0 Å². The maximum absolute atomic E-state index is 13.6. The zero-order chi connectivity index (χ0) is 21.5. The van der Waals surface area contributed by atoms with Gasteiger partial charge in [0.25, 0.3) is 10.0 Å². The summed E-state index contributed by atoms with van der Waals surface area (Å²) in [6.45, 7) is 4.30. The highest BCUT2D eigenvalue weighted by Crippen LogP contribution is 2.47. The molecule has 7 heteroatoms. The van der Waals surface area contributed by atoms with Gasteiger partial charge in [0.05, 0.1) is 27.3 Å². The minimum atomic E-state index is -3.94. The molecule has 1 aliphatic heterocycles. The standard InChI is InChI=1S/C23H22ClFN2O2S/c1-23(2)14-21(26-22-18(23)10-6-11-19(22)24)17-9-3-4-12-20(17)27-30(28,29)16-8-5-7-15(25)13-16/h3-13,21,26-27H,14H2,1-2H3. The average molecular weight is 445 g/mol. The third kappa shape index (κ3) is 3.89. The van der Waals surface area contributed by atoms with Crippen LogP contribution in [0.5, 0.6) is 0 Å². The van der Waals surface area contributed by atoms with Crippen molar-refractivity contribution in [3.63, 3.8) is 0 Å². The van der Waals surface area contributed by atoms with Crippen LogP contribution in [0.25, 0.3) is 0 Å². The van der Waals surface area contributed by atoms with Crippen LogP contribution < -0.4 is 10.0 Å². The molecule has 0 bridgehead atoms. The summed E-state index contributed by atoms with van der Waals surface area (Å²) in [6.07, 6.45) is 0.749. The monoisotopic (exact) mass is 444 g/mol. The van der Waals surface area contributed by atoms with Gasteiger partial charge in [-0.1, -0.05) is 61.8 Å². The largest absolute Gasteiger partial charge is 0.377 e. The Labute approximate surface area is 181 Å². The molecule has 0 saturated heterocycles. The van der Waals surface area contributed by atoms with Crippen LogP contribution in [0.2, 0.25) is 5.02 Å². The molecule has 30 heavy (non-hydrogen) atoms. The lowest BCUT2D eigenvalue weighted by atomic mass is 9.74. The van der Waals surface area contributed by atoms with Crippen molar-refractivity contribution in [3.8, 4) is 0 Å². The van der Waals surface area contributed by atoms with E-state index in [4.69, 9.17) is 11.6 Å². The SMILES string of the molecule is CC1(C)CC(c2ccccc2NS(=O)(=O)c2cccc(F)c2)Nc2c(Cl)cccc21. The number of halogens is 2. The van der Waals surface area contributed by atoms with E-state index in [1.165, 1.54) is 18.2 Å². The zero-order valence-electron chi connectivity index (χ0n) is 16.6. The lowest BCUT2D eigenvalue weighted by Crippen LogP contribution is -2.32. The maximum Gasteiger partial charge on any atom is 0.262 e. The van der Waals surface area contributed by atoms with Gasteiger partial charge >= 0.3 is 0 Å². The van der Waals surface area contributed by atoms with Crippen molar-refractivity contribution in [2.45, 2.75) is 36.6 Å². The van der Waals surface area contributed by atoms with E-state index in [9.17, 15) is 12.8 Å². The summed E-state index contributed by atoms with van der Waals surface area (Å²) in [6, 6.07) is 17.9. The molecule has 1 atom stereocenters. The summed E-state index contributed by atoms with van der Waals surface area (Å²) in [4.78, 5) is -0.123. The molecule has 0 aromatic heterocycles. The second kappa shape index (κ2) is 7.60. The fourth-order valence-electron chi connectivity index (χ4n) is 4.00. The zero-order valence-corrected chi connectivity index (χ0v) is 18.2. The van der Waals surface area contributed by atoms with Crippen molar-refractivity contribution in [1.29, 1.82) is 0 Å². The Morgan fingerprint density at radius 1 is 1.07 bits per heavy atom. The molecule has 3 aromatic rings. The molecule has 4 nitrogen and oxygen atoms in total. The molecule has 1 heterocycles. The molecule has 0 fully saturated rings. The van der Waals surface area contributed by atoms with Gasteiger partial charge in [-0.05, 0) is 53.3 Å². The Kier molecular flexibility index (Phi) is 5.24. The van der Waals surface area contributed by atoms with Crippen LogP contribution in [-0.4, -0.2) is 8.42 Å². The van der Waals surface area contributed by atoms with E-state index < -0.39 is 15.8 Å². The predicted molar refractivity (Wildman–Crippen MR) is 119 cm³/mol. The molecule has 1 unspecified atom stereocenters.